The van der Waals surface area contributed by atoms with Crippen molar-refractivity contribution in [1.82, 2.24) is 4.98 Å². The largest absolute Gasteiger partial charge is 0.383 e. The Hall–Kier alpha value is -2.10. The Morgan fingerprint density at radius 2 is 2.20 bits per heavy atom. The summed E-state index contributed by atoms with van der Waals surface area (Å²) < 4.78 is 0.641. The Bertz CT molecular complexity index is 727. The third-order valence-corrected chi connectivity index (χ3v) is 3.22. The number of pyridine rings is 1. The maximum absolute atomic E-state index is 12.1. The van der Waals surface area contributed by atoms with Crippen LogP contribution in [-0.4, -0.2) is 10.9 Å². The van der Waals surface area contributed by atoms with Gasteiger partial charge in [-0.25, -0.2) is 4.98 Å². The molecule has 2 rings (SSSR count). The van der Waals surface area contributed by atoms with E-state index in [2.05, 4.69) is 26.2 Å². The van der Waals surface area contributed by atoms with Crippen LogP contribution in [0.3, 0.4) is 0 Å². The Kier molecular flexibility index (Phi) is 4.23. The number of anilines is 2. The maximum Gasteiger partial charge on any atom is 0.259 e. The van der Waals surface area contributed by atoms with E-state index < -0.39 is 5.91 Å². The summed E-state index contributed by atoms with van der Waals surface area (Å²) in [5.41, 5.74) is 6.71. The molecule has 0 saturated carbocycles. The summed E-state index contributed by atoms with van der Waals surface area (Å²) in [7, 11) is 0. The molecule has 5 nitrogen and oxygen atoms in total. The Balaban J connectivity index is 2.28. The van der Waals surface area contributed by atoms with Crippen molar-refractivity contribution in [2.24, 2.45) is 0 Å². The highest BCUT2D eigenvalue weighted by Crippen LogP contribution is 2.24. The van der Waals surface area contributed by atoms with E-state index in [4.69, 9.17) is 22.6 Å². The average Bonchev–Trinajstić information content (AvgIpc) is 2.43. The maximum atomic E-state index is 12.1. The zero-order valence-corrected chi connectivity index (χ0v) is 12.4. The second-order valence-corrected chi connectivity index (χ2v) is 5.17. The van der Waals surface area contributed by atoms with Gasteiger partial charge in [0, 0.05) is 10.7 Å². The lowest BCUT2D eigenvalue weighted by Gasteiger charge is -2.09. The fourth-order valence-electron chi connectivity index (χ4n) is 1.51. The van der Waals surface area contributed by atoms with E-state index in [0.717, 1.165) is 0 Å². The van der Waals surface area contributed by atoms with Crippen LogP contribution in [0.4, 0.5) is 11.5 Å². The minimum atomic E-state index is -0.428. The predicted octanol–water partition coefficient (Wildman–Crippen LogP) is 3.20. The van der Waals surface area contributed by atoms with Crippen LogP contribution in [0.2, 0.25) is 5.02 Å². The van der Waals surface area contributed by atoms with Gasteiger partial charge in [-0.2, -0.15) is 5.26 Å². The number of aromatic nitrogens is 1. The Labute approximate surface area is 128 Å². The third-order valence-electron chi connectivity index (χ3n) is 2.48. The predicted molar refractivity (Wildman–Crippen MR) is 80.5 cm³/mol. The van der Waals surface area contributed by atoms with Crippen molar-refractivity contribution in [3.8, 4) is 6.07 Å². The molecule has 0 spiro atoms. The van der Waals surface area contributed by atoms with Crippen LogP contribution in [0.5, 0.6) is 0 Å². The minimum absolute atomic E-state index is 0.121. The third kappa shape index (κ3) is 3.07. The number of nitrogens with two attached hydrogens (primary N) is 1. The molecular weight excluding hydrogens is 344 g/mol. The molecule has 0 aliphatic carbocycles. The van der Waals surface area contributed by atoms with Crippen molar-refractivity contribution in [3.05, 3.63) is 51.1 Å². The van der Waals surface area contributed by atoms with E-state index in [1.54, 1.807) is 18.2 Å². The zero-order chi connectivity index (χ0) is 14.7. The molecule has 2 aromatic rings. The summed E-state index contributed by atoms with van der Waals surface area (Å²) in [4.78, 5) is 16.0. The standard InChI is InChI=1S/C13H8BrClN4O/c14-8-4-9(12(17)18-6-8)13(20)19-11-2-1-7(5-16)3-10(11)15/h1-4,6H,(H2,17,18)(H,19,20). The van der Waals surface area contributed by atoms with Crippen LogP contribution in [0, 0.1) is 11.3 Å². The number of nitriles is 1. The molecule has 100 valence electrons. The molecule has 0 bridgehead atoms. The average molecular weight is 352 g/mol. The molecule has 3 N–H and O–H groups in total. The zero-order valence-electron chi connectivity index (χ0n) is 10.0. The molecule has 0 unspecified atom stereocenters. The van der Waals surface area contributed by atoms with Gasteiger partial charge in [-0.3, -0.25) is 4.79 Å². The van der Waals surface area contributed by atoms with Crippen molar-refractivity contribution in [2.75, 3.05) is 11.1 Å². The number of nitrogens with zero attached hydrogens (tertiary/aromatic N) is 2. The summed E-state index contributed by atoms with van der Waals surface area (Å²) in [6.45, 7) is 0. The molecule has 0 saturated heterocycles. The number of carbonyl (C=O) groups excluding carboxylic acids is 1. The second-order valence-electron chi connectivity index (χ2n) is 3.85. The number of rotatable bonds is 2. The lowest BCUT2D eigenvalue weighted by Crippen LogP contribution is -2.15. The molecule has 0 radical (unpaired) electrons. The number of nitrogen functional groups attached to an aromatic ring is 1. The first kappa shape index (κ1) is 14.3. The van der Waals surface area contributed by atoms with Crippen LogP contribution < -0.4 is 11.1 Å². The highest BCUT2D eigenvalue weighted by molar-refractivity contribution is 9.10. The van der Waals surface area contributed by atoms with Crippen LogP contribution in [0.15, 0.2) is 34.9 Å². The number of halogens is 2. The van der Waals surface area contributed by atoms with Crippen molar-refractivity contribution in [3.63, 3.8) is 0 Å². The quantitative estimate of drug-likeness (QED) is 0.869. The lowest BCUT2D eigenvalue weighted by molar-refractivity contribution is 0.102. The summed E-state index contributed by atoms with van der Waals surface area (Å²) in [6, 6.07) is 8.12. The van der Waals surface area contributed by atoms with E-state index >= 15 is 0 Å². The summed E-state index contributed by atoms with van der Waals surface area (Å²) in [5.74, 6) is -0.307. The van der Waals surface area contributed by atoms with Gasteiger partial charge in [-0.15, -0.1) is 0 Å². The van der Waals surface area contributed by atoms with E-state index in [0.29, 0.717) is 15.7 Å². The SMILES string of the molecule is N#Cc1ccc(NC(=O)c2cc(Br)cnc2N)c(Cl)c1. The van der Waals surface area contributed by atoms with Gasteiger partial charge >= 0.3 is 0 Å². The molecule has 0 aliphatic rings. The molecular formula is C13H8BrClN4O. The molecule has 1 aromatic heterocycles. The van der Waals surface area contributed by atoms with Gasteiger partial charge in [0.1, 0.15) is 5.82 Å². The fourth-order valence-corrected chi connectivity index (χ4v) is 2.07. The topological polar surface area (TPSA) is 91.8 Å². The molecule has 0 fully saturated rings. The van der Waals surface area contributed by atoms with Gasteiger partial charge in [-0.1, -0.05) is 11.6 Å². The van der Waals surface area contributed by atoms with Gasteiger partial charge in [0.2, 0.25) is 0 Å². The van der Waals surface area contributed by atoms with Crippen LogP contribution in [0.25, 0.3) is 0 Å². The number of hydrogen-bond acceptors (Lipinski definition) is 4. The minimum Gasteiger partial charge on any atom is -0.383 e. The number of nitrogens with one attached hydrogen (secondary N) is 1. The number of amides is 1. The van der Waals surface area contributed by atoms with Gasteiger partial charge in [0.25, 0.3) is 5.91 Å². The number of benzene rings is 1. The van der Waals surface area contributed by atoms with Crippen molar-refractivity contribution < 1.29 is 4.79 Å². The first-order valence-corrected chi connectivity index (χ1v) is 6.60. The highest BCUT2D eigenvalue weighted by Gasteiger charge is 2.13. The highest BCUT2D eigenvalue weighted by atomic mass is 79.9. The van der Waals surface area contributed by atoms with Crippen molar-refractivity contribution in [2.45, 2.75) is 0 Å². The Morgan fingerprint density at radius 3 is 2.85 bits per heavy atom. The van der Waals surface area contributed by atoms with Gasteiger partial charge in [0.05, 0.1) is 27.9 Å². The fraction of sp³-hybridized carbons (Fsp3) is 0. The summed E-state index contributed by atoms with van der Waals surface area (Å²) >= 11 is 9.21. The second kappa shape index (κ2) is 5.90. The summed E-state index contributed by atoms with van der Waals surface area (Å²) in [5, 5.41) is 11.7. The summed E-state index contributed by atoms with van der Waals surface area (Å²) in [6.07, 6.45) is 1.50. The molecule has 1 aromatic carbocycles. The smallest absolute Gasteiger partial charge is 0.259 e. The molecule has 1 heterocycles. The molecule has 20 heavy (non-hydrogen) atoms. The van der Waals surface area contributed by atoms with Crippen molar-refractivity contribution in [1.29, 1.82) is 5.26 Å². The Morgan fingerprint density at radius 1 is 1.45 bits per heavy atom. The van der Waals surface area contributed by atoms with Crippen LogP contribution >= 0.6 is 27.5 Å². The first-order chi connectivity index (χ1) is 9.51. The van der Waals surface area contributed by atoms with Crippen molar-refractivity contribution >= 4 is 44.9 Å². The first-order valence-electron chi connectivity index (χ1n) is 5.43. The lowest BCUT2D eigenvalue weighted by atomic mass is 10.2. The van der Waals surface area contributed by atoms with Crippen LogP contribution in [0.1, 0.15) is 15.9 Å². The van der Waals surface area contributed by atoms with E-state index in [-0.39, 0.29) is 16.4 Å². The molecule has 0 aliphatic heterocycles. The van der Waals surface area contributed by atoms with Gasteiger partial charge in [0.15, 0.2) is 0 Å². The molecule has 7 heteroatoms. The number of hydrogen-bond donors (Lipinski definition) is 2. The van der Waals surface area contributed by atoms with E-state index in [1.807, 2.05) is 6.07 Å². The van der Waals surface area contributed by atoms with Gasteiger partial charge < -0.3 is 11.1 Å². The monoisotopic (exact) mass is 350 g/mol. The normalized spacial score (nSPS) is 9.85. The molecule has 1 amide bonds. The number of carbonyl (C=O) groups is 1. The molecule has 0 atom stereocenters. The van der Waals surface area contributed by atoms with E-state index in [1.165, 1.54) is 12.3 Å². The van der Waals surface area contributed by atoms with E-state index in [9.17, 15) is 4.79 Å². The van der Waals surface area contributed by atoms with Gasteiger partial charge in [-0.05, 0) is 40.2 Å². The van der Waals surface area contributed by atoms with Crippen LogP contribution in [-0.2, 0) is 0 Å².